The molecule has 1 unspecified atom stereocenters. The molecule has 0 spiro atoms. The molecule has 0 radical (unpaired) electrons. The predicted molar refractivity (Wildman–Crippen MR) is 143 cm³/mol. The Morgan fingerprint density at radius 1 is 1.27 bits per heavy atom. The Labute approximate surface area is 217 Å². The van der Waals surface area contributed by atoms with Crippen molar-refractivity contribution in [2.24, 2.45) is 16.1 Å². The Bertz CT molecular complexity index is 1460. The molecule has 1 aliphatic heterocycles. The highest BCUT2D eigenvalue weighted by molar-refractivity contribution is 7.66. The van der Waals surface area contributed by atoms with Crippen LogP contribution >= 0.6 is 18.9 Å². The van der Waals surface area contributed by atoms with Gasteiger partial charge in [-0.2, -0.15) is 27.1 Å². The van der Waals surface area contributed by atoms with E-state index >= 15 is 0 Å². The Morgan fingerprint density at radius 2 is 2.05 bits per heavy atom. The minimum atomic E-state index is -3.86. The van der Waals surface area contributed by atoms with Gasteiger partial charge in [0.15, 0.2) is 11.6 Å². The summed E-state index contributed by atoms with van der Waals surface area (Å²) in [6.45, 7) is 6.51. The van der Waals surface area contributed by atoms with E-state index in [9.17, 15) is 14.5 Å². The van der Waals surface area contributed by atoms with Crippen LogP contribution in [-0.2, 0) is 20.5 Å². The van der Waals surface area contributed by atoms with Crippen molar-refractivity contribution in [2.45, 2.75) is 33.7 Å². The molecular weight excluding hydrogens is 517 g/mol. The standard InChI is InChI=1S/C24H28N5O6PS/c1-24(2,3)8-9-29-23(31)19(21(30)20(27-29)15-7-12-37-14-15)22-26-17-6-5-16(34-10-11-35-25)13-18(17)36(32,28-22)33-4/h5-7,10-14,30H,8-9,25H2,1-4H3,(H,26,28,32). The van der Waals surface area contributed by atoms with E-state index in [1.54, 1.807) is 18.2 Å². The van der Waals surface area contributed by atoms with Gasteiger partial charge in [0.1, 0.15) is 29.5 Å². The second-order valence-electron chi connectivity index (χ2n) is 9.40. The quantitative estimate of drug-likeness (QED) is 0.215. The molecule has 0 saturated carbocycles. The number of nitrogens with one attached hydrogen (secondary N) is 1. The molecule has 4 N–H and O–H groups in total. The second kappa shape index (κ2) is 10.5. The van der Waals surface area contributed by atoms with Crippen LogP contribution in [0.15, 0.2) is 57.1 Å². The number of aryl methyl sites for hydroxylation is 1. The fourth-order valence-corrected chi connectivity index (χ4v) is 5.78. The first kappa shape index (κ1) is 26.6. The van der Waals surface area contributed by atoms with Crippen LogP contribution in [-0.4, -0.2) is 27.8 Å². The summed E-state index contributed by atoms with van der Waals surface area (Å²) in [7, 11) is -2.59. The number of anilines is 1. The van der Waals surface area contributed by atoms with Crippen LogP contribution in [0.5, 0.6) is 11.5 Å². The molecule has 0 bridgehead atoms. The van der Waals surface area contributed by atoms with Crippen LogP contribution in [0, 0.1) is 5.41 Å². The first-order valence-electron chi connectivity index (χ1n) is 11.3. The fourth-order valence-electron chi connectivity index (χ4n) is 3.61. The summed E-state index contributed by atoms with van der Waals surface area (Å²) in [6, 6.07) is 6.52. The number of aromatic hydroxyl groups is 1. The van der Waals surface area contributed by atoms with Gasteiger partial charge in [0, 0.05) is 24.6 Å². The number of benzene rings is 1. The number of amidine groups is 1. The van der Waals surface area contributed by atoms with E-state index in [-0.39, 0.29) is 33.6 Å². The smallest absolute Gasteiger partial charge is 0.348 e. The minimum absolute atomic E-state index is 0.0573. The Balaban J connectivity index is 1.85. The summed E-state index contributed by atoms with van der Waals surface area (Å²) < 4.78 is 30.1. The lowest BCUT2D eigenvalue weighted by molar-refractivity contribution is 0.250. The van der Waals surface area contributed by atoms with E-state index < -0.39 is 13.1 Å². The zero-order chi connectivity index (χ0) is 26.8. The number of rotatable bonds is 8. The first-order valence-corrected chi connectivity index (χ1v) is 13.8. The lowest BCUT2D eigenvalue weighted by atomic mass is 9.92. The predicted octanol–water partition coefficient (Wildman–Crippen LogP) is 4.19. The van der Waals surface area contributed by atoms with E-state index in [0.29, 0.717) is 30.0 Å². The maximum atomic E-state index is 13.8. The monoisotopic (exact) mass is 545 g/mol. The van der Waals surface area contributed by atoms with Gasteiger partial charge in [-0.25, -0.2) is 4.68 Å². The first-order chi connectivity index (χ1) is 17.6. The molecule has 13 heteroatoms. The topological polar surface area (TPSA) is 150 Å². The molecule has 0 amide bonds. The van der Waals surface area contributed by atoms with Gasteiger partial charge in [-0.05, 0) is 41.5 Å². The van der Waals surface area contributed by atoms with E-state index in [4.69, 9.17) is 15.2 Å². The van der Waals surface area contributed by atoms with Crippen LogP contribution in [0.3, 0.4) is 0 Å². The fraction of sp³-hybridized carbons (Fsp3) is 0.292. The minimum Gasteiger partial charge on any atom is -0.505 e. The number of thiophene rings is 1. The number of nitrogens with two attached hydrogens (primary N) is 1. The number of fused-ring (bicyclic) bond motifs is 1. The number of nitrogens with zero attached hydrogens (tertiary/aromatic N) is 3. The Kier molecular flexibility index (Phi) is 7.56. The molecule has 2 aromatic heterocycles. The molecule has 37 heavy (non-hydrogen) atoms. The lowest BCUT2D eigenvalue weighted by Gasteiger charge is -2.25. The molecule has 3 heterocycles. The third-order valence-corrected chi connectivity index (χ3v) is 8.20. The average Bonchev–Trinajstić information content (AvgIpc) is 3.38. The van der Waals surface area contributed by atoms with Gasteiger partial charge in [0.2, 0.25) is 0 Å². The van der Waals surface area contributed by atoms with Crippen molar-refractivity contribution in [1.82, 2.24) is 9.78 Å². The van der Waals surface area contributed by atoms with Crippen molar-refractivity contribution in [2.75, 3.05) is 12.4 Å². The van der Waals surface area contributed by atoms with E-state index in [1.807, 2.05) is 10.8 Å². The largest absolute Gasteiger partial charge is 0.505 e. The van der Waals surface area contributed by atoms with E-state index in [2.05, 4.69) is 40.8 Å². The van der Waals surface area contributed by atoms with E-state index in [0.717, 1.165) is 6.26 Å². The Morgan fingerprint density at radius 3 is 2.70 bits per heavy atom. The summed E-state index contributed by atoms with van der Waals surface area (Å²) in [5, 5.41) is 22.6. The van der Waals surface area contributed by atoms with Crippen molar-refractivity contribution in [1.29, 1.82) is 0 Å². The normalized spacial score (nSPS) is 17.3. The molecule has 0 fully saturated rings. The number of ether oxygens (including phenoxy) is 1. The maximum absolute atomic E-state index is 13.8. The third-order valence-electron chi connectivity index (χ3n) is 5.58. The molecule has 0 saturated heterocycles. The van der Waals surface area contributed by atoms with Gasteiger partial charge in [0.05, 0.1) is 11.0 Å². The van der Waals surface area contributed by atoms with E-state index in [1.165, 1.54) is 35.5 Å². The van der Waals surface area contributed by atoms with Gasteiger partial charge < -0.3 is 24.5 Å². The highest BCUT2D eigenvalue weighted by Crippen LogP contribution is 2.52. The SMILES string of the molecule is COP1(=O)N=C(c2c(O)c(-c3ccsc3)nn(CCC(C)(C)C)c2=O)Nc2ccc(OC=CON)cc21. The molecule has 1 aliphatic rings. The highest BCUT2D eigenvalue weighted by atomic mass is 32.1. The molecule has 1 aromatic carbocycles. The number of hydrogen-bond donors (Lipinski definition) is 3. The molecule has 11 nitrogen and oxygen atoms in total. The summed E-state index contributed by atoms with van der Waals surface area (Å²) in [5.74, 6) is 4.84. The Hall–Kier alpha value is -3.44. The van der Waals surface area contributed by atoms with Crippen molar-refractivity contribution in [3.63, 3.8) is 0 Å². The number of aromatic nitrogens is 2. The van der Waals surface area contributed by atoms with Gasteiger partial charge in [-0.3, -0.25) is 9.36 Å². The van der Waals surface area contributed by atoms with Crippen molar-refractivity contribution < 1.29 is 23.8 Å². The summed E-state index contributed by atoms with van der Waals surface area (Å²) >= 11 is 1.43. The molecule has 3 aromatic rings. The molecule has 196 valence electrons. The maximum Gasteiger partial charge on any atom is 0.348 e. The van der Waals surface area contributed by atoms with Gasteiger partial charge in [-0.15, -0.1) is 0 Å². The van der Waals surface area contributed by atoms with Gasteiger partial charge in [-0.1, -0.05) is 20.8 Å². The second-order valence-corrected chi connectivity index (χ2v) is 12.3. The third kappa shape index (κ3) is 5.62. The number of hydrogen-bond acceptors (Lipinski definition) is 10. The summed E-state index contributed by atoms with van der Waals surface area (Å²) in [4.78, 5) is 17.9. The lowest BCUT2D eigenvalue weighted by Crippen LogP contribution is -2.35. The summed E-state index contributed by atoms with van der Waals surface area (Å²) in [6.07, 6.45) is 3.01. The van der Waals surface area contributed by atoms with Gasteiger partial charge in [0.25, 0.3) is 5.56 Å². The molecular formula is C24H28N5O6PS. The van der Waals surface area contributed by atoms with Crippen LogP contribution < -0.4 is 26.8 Å². The van der Waals surface area contributed by atoms with Gasteiger partial charge >= 0.3 is 7.52 Å². The van der Waals surface area contributed by atoms with Crippen molar-refractivity contribution in [3.05, 3.63) is 63.5 Å². The summed E-state index contributed by atoms with van der Waals surface area (Å²) in [5.41, 5.74) is 0.497. The van der Waals surface area contributed by atoms with Crippen LogP contribution in [0.25, 0.3) is 11.3 Å². The van der Waals surface area contributed by atoms with Crippen molar-refractivity contribution >= 4 is 35.7 Å². The van der Waals surface area contributed by atoms with Crippen LogP contribution in [0.1, 0.15) is 32.8 Å². The average molecular weight is 546 g/mol. The zero-order valence-corrected chi connectivity index (χ0v) is 22.5. The molecule has 4 rings (SSSR count). The van der Waals surface area contributed by atoms with Crippen molar-refractivity contribution in [3.8, 4) is 22.8 Å². The molecule has 1 atom stereocenters. The van der Waals surface area contributed by atoms with Crippen LogP contribution in [0.4, 0.5) is 5.69 Å². The van der Waals surface area contributed by atoms with Crippen LogP contribution in [0.2, 0.25) is 0 Å². The highest BCUT2D eigenvalue weighted by Gasteiger charge is 2.36. The molecule has 0 aliphatic carbocycles. The zero-order valence-electron chi connectivity index (χ0n) is 20.8.